The average molecular weight is 464 g/mol. The van der Waals surface area contributed by atoms with Crippen molar-refractivity contribution in [1.29, 1.82) is 0 Å². The van der Waals surface area contributed by atoms with E-state index in [-0.39, 0.29) is 12.5 Å². The van der Waals surface area contributed by atoms with Gasteiger partial charge in [0.25, 0.3) is 0 Å². The van der Waals surface area contributed by atoms with Gasteiger partial charge in [-0.15, -0.1) is 0 Å². The number of nitrogens with one attached hydrogen (secondary N) is 1. The smallest absolute Gasteiger partial charge is 0.236 e. The zero-order chi connectivity index (χ0) is 20.1. The second-order valence-electron chi connectivity index (χ2n) is 6.81. The van der Waals surface area contributed by atoms with Crippen molar-refractivity contribution in [1.82, 2.24) is 9.29 Å². The SMILES string of the molecule is Cc1ccc(/C=C/S(=O)(=O)N2CCCC(C(=O)Nc3ccc(Br)cn3)C2)cc1. The molecule has 8 heteroatoms. The lowest BCUT2D eigenvalue weighted by molar-refractivity contribution is -0.120. The summed E-state index contributed by atoms with van der Waals surface area (Å²) >= 11 is 3.30. The molecule has 0 aliphatic carbocycles. The molecule has 0 radical (unpaired) electrons. The first-order valence-electron chi connectivity index (χ1n) is 9.01. The topological polar surface area (TPSA) is 79.4 Å². The maximum absolute atomic E-state index is 12.7. The fourth-order valence-electron chi connectivity index (χ4n) is 2.99. The Kier molecular flexibility index (Phi) is 6.64. The van der Waals surface area contributed by atoms with Crippen LogP contribution in [-0.2, 0) is 14.8 Å². The monoisotopic (exact) mass is 463 g/mol. The Bertz CT molecular complexity index is 957. The van der Waals surface area contributed by atoms with Gasteiger partial charge in [-0.25, -0.2) is 13.4 Å². The lowest BCUT2D eigenvalue weighted by Gasteiger charge is -2.30. The Balaban J connectivity index is 1.65. The number of sulfonamides is 1. The number of carbonyl (C=O) groups excluding carboxylic acids is 1. The number of rotatable bonds is 5. The zero-order valence-electron chi connectivity index (χ0n) is 15.5. The number of anilines is 1. The number of benzene rings is 1. The van der Waals surface area contributed by atoms with Crippen molar-refractivity contribution in [2.75, 3.05) is 18.4 Å². The molecule has 1 amide bonds. The van der Waals surface area contributed by atoms with Crippen molar-refractivity contribution in [3.8, 4) is 0 Å². The van der Waals surface area contributed by atoms with Gasteiger partial charge in [0.05, 0.1) is 5.92 Å². The first kappa shape index (κ1) is 20.7. The highest BCUT2D eigenvalue weighted by atomic mass is 79.9. The highest BCUT2D eigenvalue weighted by molar-refractivity contribution is 9.10. The van der Waals surface area contributed by atoms with E-state index in [1.807, 2.05) is 31.2 Å². The summed E-state index contributed by atoms with van der Waals surface area (Å²) in [6.07, 6.45) is 4.48. The van der Waals surface area contributed by atoms with E-state index in [4.69, 9.17) is 0 Å². The van der Waals surface area contributed by atoms with Crippen LogP contribution in [0.25, 0.3) is 6.08 Å². The van der Waals surface area contributed by atoms with Gasteiger partial charge in [-0.05, 0) is 59.5 Å². The van der Waals surface area contributed by atoms with Crippen LogP contribution in [0.1, 0.15) is 24.0 Å². The van der Waals surface area contributed by atoms with Crippen molar-refractivity contribution < 1.29 is 13.2 Å². The van der Waals surface area contributed by atoms with E-state index >= 15 is 0 Å². The highest BCUT2D eigenvalue weighted by Gasteiger charge is 2.31. The van der Waals surface area contributed by atoms with Gasteiger partial charge in [0.2, 0.25) is 15.9 Å². The number of aryl methyl sites for hydroxylation is 1. The molecule has 28 heavy (non-hydrogen) atoms. The zero-order valence-corrected chi connectivity index (χ0v) is 17.9. The van der Waals surface area contributed by atoms with Crippen molar-refractivity contribution in [2.45, 2.75) is 19.8 Å². The molecule has 1 aromatic carbocycles. The van der Waals surface area contributed by atoms with Crippen LogP contribution >= 0.6 is 15.9 Å². The number of aromatic nitrogens is 1. The van der Waals surface area contributed by atoms with E-state index in [9.17, 15) is 13.2 Å². The van der Waals surface area contributed by atoms with Gasteiger partial charge < -0.3 is 5.32 Å². The first-order valence-corrected chi connectivity index (χ1v) is 11.3. The van der Waals surface area contributed by atoms with Crippen molar-refractivity contribution in [3.05, 3.63) is 63.6 Å². The molecule has 0 saturated carbocycles. The summed E-state index contributed by atoms with van der Waals surface area (Å²) in [7, 11) is -3.59. The van der Waals surface area contributed by atoms with Crippen molar-refractivity contribution in [2.24, 2.45) is 5.92 Å². The Labute approximate surface area is 173 Å². The summed E-state index contributed by atoms with van der Waals surface area (Å²) in [6.45, 7) is 2.57. The minimum absolute atomic E-state index is 0.170. The van der Waals surface area contributed by atoms with Crippen LogP contribution in [0.4, 0.5) is 5.82 Å². The first-order chi connectivity index (χ1) is 13.3. The number of halogens is 1. The van der Waals surface area contributed by atoms with Crippen LogP contribution in [0, 0.1) is 12.8 Å². The largest absolute Gasteiger partial charge is 0.310 e. The van der Waals surface area contributed by atoms with Crippen LogP contribution in [-0.4, -0.2) is 36.7 Å². The number of piperidine rings is 1. The molecule has 3 rings (SSSR count). The third kappa shape index (κ3) is 5.50. The van der Waals surface area contributed by atoms with Crippen LogP contribution in [0.2, 0.25) is 0 Å². The van der Waals surface area contributed by atoms with Gasteiger partial charge in [-0.1, -0.05) is 29.8 Å². The predicted octanol–water partition coefficient (Wildman–Crippen LogP) is 3.80. The molecule has 1 N–H and O–H groups in total. The Morgan fingerprint density at radius 2 is 2.00 bits per heavy atom. The quantitative estimate of drug-likeness (QED) is 0.730. The lowest BCUT2D eigenvalue weighted by atomic mass is 9.99. The molecule has 1 atom stereocenters. The number of nitrogens with zero attached hydrogens (tertiary/aromatic N) is 2. The van der Waals surface area contributed by atoms with E-state index in [1.54, 1.807) is 24.4 Å². The molecule has 1 unspecified atom stereocenters. The van der Waals surface area contributed by atoms with E-state index < -0.39 is 15.9 Å². The van der Waals surface area contributed by atoms with E-state index in [0.29, 0.717) is 25.2 Å². The van der Waals surface area contributed by atoms with Crippen molar-refractivity contribution in [3.63, 3.8) is 0 Å². The molecule has 1 aliphatic heterocycles. The Hall–Kier alpha value is -2.03. The molecule has 2 heterocycles. The summed E-state index contributed by atoms with van der Waals surface area (Å²) in [5, 5.41) is 3.98. The third-order valence-corrected chi connectivity index (χ3v) is 6.60. The van der Waals surface area contributed by atoms with Crippen molar-refractivity contribution >= 4 is 43.8 Å². The fraction of sp³-hybridized carbons (Fsp3) is 0.300. The predicted molar refractivity (Wildman–Crippen MR) is 114 cm³/mol. The molecule has 1 aliphatic rings. The van der Waals surface area contributed by atoms with Crippen LogP contribution in [0.3, 0.4) is 0 Å². The van der Waals surface area contributed by atoms with E-state index in [0.717, 1.165) is 15.6 Å². The highest BCUT2D eigenvalue weighted by Crippen LogP contribution is 2.22. The number of hydrogen-bond acceptors (Lipinski definition) is 4. The molecule has 6 nitrogen and oxygen atoms in total. The summed E-state index contributed by atoms with van der Waals surface area (Å²) in [5.74, 6) is -0.161. The molecule has 2 aromatic rings. The van der Waals surface area contributed by atoms with Gasteiger partial charge in [-0.2, -0.15) is 4.31 Å². The number of pyridine rings is 1. The molecular weight excluding hydrogens is 442 g/mol. The molecule has 1 saturated heterocycles. The number of amides is 1. The standard InChI is InChI=1S/C20H22BrN3O3S/c1-15-4-6-16(7-5-15)10-12-28(26,27)24-11-2-3-17(14-24)20(25)23-19-9-8-18(21)13-22-19/h4-10,12-13,17H,2-3,11,14H2,1H3,(H,22,23,25)/b12-10+. The maximum atomic E-state index is 12.7. The molecule has 0 spiro atoms. The maximum Gasteiger partial charge on any atom is 0.236 e. The third-order valence-electron chi connectivity index (χ3n) is 4.60. The number of hydrogen-bond donors (Lipinski definition) is 1. The minimum Gasteiger partial charge on any atom is -0.310 e. The molecule has 1 fully saturated rings. The lowest BCUT2D eigenvalue weighted by Crippen LogP contribution is -2.43. The van der Waals surface area contributed by atoms with Gasteiger partial charge >= 0.3 is 0 Å². The van der Waals surface area contributed by atoms with Crippen LogP contribution in [0.5, 0.6) is 0 Å². The van der Waals surface area contributed by atoms with Gasteiger partial charge in [0.1, 0.15) is 5.82 Å². The summed E-state index contributed by atoms with van der Waals surface area (Å²) in [4.78, 5) is 16.7. The normalized spacial score (nSPS) is 18.3. The second kappa shape index (κ2) is 8.98. The van der Waals surface area contributed by atoms with Gasteiger partial charge in [0.15, 0.2) is 0 Å². The van der Waals surface area contributed by atoms with E-state index in [1.165, 1.54) is 9.71 Å². The van der Waals surface area contributed by atoms with E-state index in [2.05, 4.69) is 26.2 Å². The molecular formula is C20H22BrN3O3S. The molecule has 0 bridgehead atoms. The summed E-state index contributed by atoms with van der Waals surface area (Å²) in [5.41, 5.74) is 1.94. The summed E-state index contributed by atoms with van der Waals surface area (Å²) < 4.78 is 27.6. The Morgan fingerprint density at radius 3 is 2.68 bits per heavy atom. The fourth-order valence-corrected chi connectivity index (χ4v) is 4.50. The number of carbonyl (C=O) groups is 1. The van der Waals surface area contributed by atoms with Gasteiger partial charge in [0, 0.05) is 29.2 Å². The summed E-state index contributed by atoms with van der Waals surface area (Å²) in [6, 6.07) is 11.1. The van der Waals surface area contributed by atoms with Crippen LogP contribution in [0.15, 0.2) is 52.5 Å². The minimum atomic E-state index is -3.59. The molecule has 148 valence electrons. The van der Waals surface area contributed by atoms with Gasteiger partial charge in [-0.3, -0.25) is 4.79 Å². The van der Waals surface area contributed by atoms with Crippen LogP contribution < -0.4 is 5.32 Å². The Morgan fingerprint density at radius 1 is 1.25 bits per heavy atom. The molecule has 1 aromatic heterocycles. The average Bonchev–Trinajstić information content (AvgIpc) is 2.69. The second-order valence-corrected chi connectivity index (χ2v) is 9.54.